The number of nitrogens with one attached hydrogen (secondary N) is 1. The molecule has 0 spiro atoms. The maximum atomic E-state index is 13.2. The number of ether oxygens (including phenoxy) is 3. The topological polar surface area (TPSA) is 89.5 Å². The Morgan fingerprint density at radius 1 is 0.946 bits per heavy atom. The summed E-state index contributed by atoms with van der Waals surface area (Å²) >= 11 is 1.27. The van der Waals surface area contributed by atoms with Gasteiger partial charge in [-0.1, -0.05) is 36.0 Å². The third-order valence-corrected chi connectivity index (χ3v) is 6.93. The van der Waals surface area contributed by atoms with Crippen molar-refractivity contribution in [3.8, 4) is 17.2 Å². The highest BCUT2D eigenvalue weighted by molar-refractivity contribution is 8.15. The molecule has 4 rings (SSSR count). The first-order valence-electron chi connectivity index (χ1n) is 11.8. The summed E-state index contributed by atoms with van der Waals surface area (Å²) in [5.41, 5.74) is 2.42. The van der Waals surface area contributed by atoms with Crippen molar-refractivity contribution in [2.24, 2.45) is 4.99 Å². The van der Waals surface area contributed by atoms with Crippen molar-refractivity contribution in [3.63, 3.8) is 0 Å². The van der Waals surface area contributed by atoms with Gasteiger partial charge in [-0.25, -0.2) is 4.90 Å². The molecule has 3 aromatic rings. The molecule has 0 aliphatic carbocycles. The Morgan fingerprint density at radius 2 is 1.68 bits per heavy atom. The molecule has 37 heavy (non-hydrogen) atoms. The molecule has 1 N–H and O–H groups in total. The van der Waals surface area contributed by atoms with Crippen molar-refractivity contribution < 1.29 is 23.8 Å². The van der Waals surface area contributed by atoms with Crippen molar-refractivity contribution in [3.05, 3.63) is 78.4 Å². The van der Waals surface area contributed by atoms with Gasteiger partial charge in [-0.2, -0.15) is 0 Å². The Morgan fingerprint density at radius 3 is 2.35 bits per heavy atom. The normalized spacial score (nSPS) is 15.6. The van der Waals surface area contributed by atoms with E-state index in [1.54, 1.807) is 45.6 Å². The number of para-hydroxylation sites is 1. The fraction of sp³-hybridized carbons (Fsp3) is 0.250. The van der Waals surface area contributed by atoms with Gasteiger partial charge in [-0.05, 0) is 60.5 Å². The molecule has 0 saturated carbocycles. The number of hydrogen-bond acceptors (Lipinski definition) is 7. The van der Waals surface area contributed by atoms with Crippen LogP contribution in [0.15, 0.2) is 77.8 Å². The fourth-order valence-electron chi connectivity index (χ4n) is 3.91. The second-order valence-corrected chi connectivity index (χ2v) is 9.38. The summed E-state index contributed by atoms with van der Waals surface area (Å²) in [4.78, 5) is 32.0. The molecule has 9 heteroatoms. The molecule has 8 nitrogen and oxygen atoms in total. The highest BCUT2D eigenvalue weighted by atomic mass is 32.2. The van der Waals surface area contributed by atoms with Crippen LogP contribution in [0.4, 0.5) is 11.4 Å². The second kappa shape index (κ2) is 12.3. The minimum atomic E-state index is -0.578. The van der Waals surface area contributed by atoms with E-state index in [0.717, 1.165) is 11.3 Å². The summed E-state index contributed by atoms with van der Waals surface area (Å²) < 4.78 is 15.9. The van der Waals surface area contributed by atoms with Crippen LogP contribution in [0, 0.1) is 0 Å². The molecule has 0 aromatic heterocycles. The molecule has 0 radical (unpaired) electrons. The Bertz CT molecular complexity index is 1260. The molecule has 2 amide bonds. The quantitative estimate of drug-likeness (QED) is 0.247. The van der Waals surface area contributed by atoms with Crippen LogP contribution in [0.5, 0.6) is 17.2 Å². The first-order chi connectivity index (χ1) is 18.0. The number of carbonyl (C=O) groups is 2. The van der Waals surface area contributed by atoms with E-state index in [4.69, 9.17) is 19.2 Å². The molecule has 1 atom stereocenters. The highest BCUT2D eigenvalue weighted by Gasteiger charge is 2.40. The van der Waals surface area contributed by atoms with Gasteiger partial charge in [0.2, 0.25) is 11.8 Å². The van der Waals surface area contributed by atoms with Crippen molar-refractivity contribution in [2.75, 3.05) is 38.1 Å². The number of anilines is 2. The largest absolute Gasteiger partial charge is 0.497 e. The lowest BCUT2D eigenvalue weighted by Gasteiger charge is -2.16. The van der Waals surface area contributed by atoms with Gasteiger partial charge < -0.3 is 19.5 Å². The van der Waals surface area contributed by atoms with Crippen molar-refractivity contribution in [2.45, 2.75) is 18.1 Å². The Balaban J connectivity index is 1.49. The molecule has 0 bridgehead atoms. The van der Waals surface area contributed by atoms with Gasteiger partial charge in [0, 0.05) is 18.7 Å². The molecular formula is C28H29N3O5S. The monoisotopic (exact) mass is 519 g/mol. The summed E-state index contributed by atoms with van der Waals surface area (Å²) in [6.45, 7) is 0.481. The molecular weight excluding hydrogens is 490 g/mol. The van der Waals surface area contributed by atoms with Crippen LogP contribution < -0.4 is 24.4 Å². The van der Waals surface area contributed by atoms with Gasteiger partial charge >= 0.3 is 0 Å². The minimum absolute atomic E-state index is 0.0979. The third kappa shape index (κ3) is 6.42. The predicted octanol–water partition coefficient (Wildman–Crippen LogP) is 4.79. The van der Waals surface area contributed by atoms with Gasteiger partial charge in [0.25, 0.3) is 0 Å². The van der Waals surface area contributed by atoms with E-state index in [-0.39, 0.29) is 18.2 Å². The van der Waals surface area contributed by atoms with E-state index < -0.39 is 5.25 Å². The zero-order valence-corrected chi connectivity index (χ0v) is 21.8. The molecule has 1 heterocycles. The number of hydrogen-bond donors (Lipinski definition) is 1. The van der Waals surface area contributed by atoms with Crippen LogP contribution in [-0.2, 0) is 16.0 Å². The molecule has 1 aliphatic heterocycles. The number of aliphatic imine (C=N–C) groups is 1. The number of amidine groups is 1. The van der Waals surface area contributed by atoms with Crippen molar-refractivity contribution >= 4 is 40.1 Å². The number of imide groups is 1. The molecule has 0 unspecified atom stereocenters. The van der Waals surface area contributed by atoms with E-state index in [2.05, 4.69) is 5.32 Å². The Labute approximate surface area is 220 Å². The molecule has 192 valence electrons. The Kier molecular flexibility index (Phi) is 8.68. The molecule has 1 fully saturated rings. The SMILES string of the molecule is COc1ccc(N2C(=O)C[C@H](SC(=NCCc3ccc(OC)c(OC)c3)Nc3ccccc3)C2=O)cc1. The number of thioether (sulfide) groups is 1. The number of nitrogens with zero attached hydrogens (tertiary/aromatic N) is 2. The summed E-state index contributed by atoms with van der Waals surface area (Å²) in [5.74, 6) is 1.49. The highest BCUT2D eigenvalue weighted by Crippen LogP contribution is 2.32. The smallest absolute Gasteiger partial charge is 0.247 e. The van der Waals surface area contributed by atoms with Gasteiger partial charge in [-0.15, -0.1) is 0 Å². The summed E-state index contributed by atoms with van der Waals surface area (Å²) in [6, 6.07) is 22.3. The zero-order chi connectivity index (χ0) is 26.2. The van der Waals surface area contributed by atoms with Gasteiger partial charge in [0.05, 0.1) is 27.0 Å². The molecule has 3 aromatic carbocycles. The van der Waals surface area contributed by atoms with Crippen LogP contribution in [0.2, 0.25) is 0 Å². The number of rotatable bonds is 9. The van der Waals surface area contributed by atoms with Crippen LogP contribution in [0.25, 0.3) is 0 Å². The van der Waals surface area contributed by atoms with Crippen LogP contribution in [0.1, 0.15) is 12.0 Å². The van der Waals surface area contributed by atoms with Crippen molar-refractivity contribution in [1.29, 1.82) is 0 Å². The fourth-order valence-corrected chi connectivity index (χ4v) is 4.95. The third-order valence-electron chi connectivity index (χ3n) is 5.82. The van der Waals surface area contributed by atoms with Crippen LogP contribution in [-0.4, -0.2) is 50.1 Å². The second-order valence-electron chi connectivity index (χ2n) is 8.19. The number of amides is 2. The number of benzene rings is 3. The summed E-state index contributed by atoms with van der Waals surface area (Å²) in [6.07, 6.45) is 0.761. The van der Waals surface area contributed by atoms with Crippen LogP contribution in [0.3, 0.4) is 0 Å². The maximum absolute atomic E-state index is 13.2. The lowest BCUT2D eigenvalue weighted by molar-refractivity contribution is -0.121. The lowest BCUT2D eigenvalue weighted by atomic mass is 10.1. The summed E-state index contributed by atoms with van der Waals surface area (Å²) in [5, 5.41) is 3.31. The van der Waals surface area contributed by atoms with E-state index in [9.17, 15) is 9.59 Å². The Hall–Kier alpha value is -3.98. The predicted molar refractivity (Wildman–Crippen MR) is 147 cm³/mol. The average Bonchev–Trinajstić information content (AvgIpc) is 3.21. The minimum Gasteiger partial charge on any atom is -0.497 e. The first kappa shape index (κ1) is 26.1. The number of methoxy groups -OCH3 is 3. The van der Waals surface area contributed by atoms with Gasteiger partial charge in [-0.3, -0.25) is 14.6 Å². The lowest BCUT2D eigenvalue weighted by Crippen LogP contribution is -2.31. The van der Waals surface area contributed by atoms with Gasteiger partial charge in [0.1, 0.15) is 11.0 Å². The van der Waals surface area contributed by atoms with E-state index in [1.807, 2.05) is 48.5 Å². The van der Waals surface area contributed by atoms with E-state index in [1.165, 1.54) is 16.7 Å². The molecule has 1 aliphatic rings. The van der Waals surface area contributed by atoms with Crippen molar-refractivity contribution in [1.82, 2.24) is 0 Å². The molecule has 1 saturated heterocycles. The van der Waals surface area contributed by atoms with E-state index >= 15 is 0 Å². The van der Waals surface area contributed by atoms with E-state index in [0.29, 0.717) is 41.1 Å². The van der Waals surface area contributed by atoms with Gasteiger partial charge in [0.15, 0.2) is 16.7 Å². The first-order valence-corrected chi connectivity index (χ1v) is 12.6. The summed E-state index contributed by atoms with van der Waals surface area (Å²) in [7, 11) is 4.78. The standard InChI is InChI=1S/C28H29N3O5S/c1-34-22-12-10-21(11-13-22)31-26(32)18-25(27(31)33)37-28(30-20-7-5-4-6-8-20)29-16-15-19-9-14-23(35-2)24(17-19)36-3/h4-14,17,25H,15-16,18H2,1-3H3,(H,29,30)/t25-/m0/s1. The number of carbonyl (C=O) groups excluding carboxylic acids is 2. The van der Waals surface area contributed by atoms with Crippen LogP contribution >= 0.6 is 11.8 Å². The average molecular weight is 520 g/mol. The maximum Gasteiger partial charge on any atom is 0.247 e. The zero-order valence-electron chi connectivity index (χ0n) is 21.0.